The van der Waals surface area contributed by atoms with Crippen LogP contribution in [0, 0.1) is 0 Å². The largest absolute Gasteiger partial charge is 0.378 e. The highest BCUT2D eigenvalue weighted by Crippen LogP contribution is 2.29. The summed E-state index contributed by atoms with van der Waals surface area (Å²) in [5, 5.41) is 0. The van der Waals surface area contributed by atoms with Gasteiger partial charge in [0.2, 0.25) is 0 Å². The predicted molar refractivity (Wildman–Crippen MR) is 93.6 cm³/mol. The molecule has 2 nitrogen and oxygen atoms in total. The molecule has 0 saturated carbocycles. The van der Waals surface area contributed by atoms with E-state index in [1.807, 2.05) is 0 Å². The molecular formula is C20H25NO. The van der Waals surface area contributed by atoms with Gasteiger partial charge in [-0.05, 0) is 34.2 Å². The van der Waals surface area contributed by atoms with Crippen molar-refractivity contribution in [3.8, 4) is 11.1 Å². The Morgan fingerprint density at radius 1 is 0.864 bits per heavy atom. The van der Waals surface area contributed by atoms with E-state index in [1.165, 1.54) is 22.4 Å². The third-order valence-corrected chi connectivity index (χ3v) is 4.28. The first kappa shape index (κ1) is 15.1. The summed E-state index contributed by atoms with van der Waals surface area (Å²) in [6.07, 6.45) is 0. The van der Waals surface area contributed by atoms with Gasteiger partial charge in [-0.2, -0.15) is 0 Å². The van der Waals surface area contributed by atoms with Gasteiger partial charge in [-0.25, -0.2) is 0 Å². The number of anilines is 1. The van der Waals surface area contributed by atoms with Crippen LogP contribution in [-0.2, 0) is 10.2 Å². The Balaban J connectivity index is 1.92. The van der Waals surface area contributed by atoms with Crippen molar-refractivity contribution in [3.63, 3.8) is 0 Å². The van der Waals surface area contributed by atoms with Crippen LogP contribution in [0.5, 0.6) is 0 Å². The van der Waals surface area contributed by atoms with Crippen molar-refractivity contribution in [3.05, 3.63) is 54.1 Å². The normalized spacial score (nSPS) is 15.9. The van der Waals surface area contributed by atoms with E-state index in [0.717, 1.165) is 26.3 Å². The number of nitrogens with zero attached hydrogens (tertiary/aromatic N) is 1. The molecule has 3 rings (SSSR count). The number of hydrogen-bond donors (Lipinski definition) is 0. The monoisotopic (exact) mass is 295 g/mol. The van der Waals surface area contributed by atoms with Gasteiger partial charge in [0, 0.05) is 18.8 Å². The lowest BCUT2D eigenvalue weighted by molar-refractivity contribution is 0.122. The maximum Gasteiger partial charge on any atom is 0.0642 e. The first-order valence-electron chi connectivity index (χ1n) is 8.08. The molecule has 1 heterocycles. The third kappa shape index (κ3) is 3.33. The summed E-state index contributed by atoms with van der Waals surface area (Å²) in [5.41, 5.74) is 5.43. The van der Waals surface area contributed by atoms with E-state index in [9.17, 15) is 0 Å². The average molecular weight is 295 g/mol. The van der Waals surface area contributed by atoms with Crippen LogP contribution < -0.4 is 4.90 Å². The number of rotatable bonds is 2. The van der Waals surface area contributed by atoms with Crippen LogP contribution >= 0.6 is 0 Å². The zero-order valence-corrected chi connectivity index (χ0v) is 13.8. The number of morpholine rings is 1. The van der Waals surface area contributed by atoms with Crippen LogP contribution in [0.25, 0.3) is 11.1 Å². The molecule has 0 radical (unpaired) electrons. The van der Waals surface area contributed by atoms with Crippen LogP contribution in [0.15, 0.2) is 48.5 Å². The van der Waals surface area contributed by atoms with Crippen LogP contribution in [0.1, 0.15) is 26.3 Å². The summed E-state index contributed by atoms with van der Waals surface area (Å²) in [5.74, 6) is 0. The minimum Gasteiger partial charge on any atom is -0.378 e. The van der Waals surface area contributed by atoms with E-state index in [1.54, 1.807) is 0 Å². The van der Waals surface area contributed by atoms with Crippen LogP contribution in [0.4, 0.5) is 5.69 Å². The summed E-state index contributed by atoms with van der Waals surface area (Å²) in [6.45, 7) is 10.4. The first-order chi connectivity index (χ1) is 10.5. The molecule has 1 aliphatic rings. The third-order valence-electron chi connectivity index (χ3n) is 4.28. The molecule has 0 aromatic heterocycles. The fourth-order valence-electron chi connectivity index (χ4n) is 2.87. The predicted octanol–water partition coefficient (Wildman–Crippen LogP) is 4.49. The van der Waals surface area contributed by atoms with Crippen molar-refractivity contribution in [2.24, 2.45) is 0 Å². The molecule has 0 atom stereocenters. The molecule has 22 heavy (non-hydrogen) atoms. The SMILES string of the molecule is CC(C)(C)c1cccc(-c2cccc(N3CCOCC3)c2)c1. The van der Waals surface area contributed by atoms with Gasteiger partial charge in [0.1, 0.15) is 0 Å². The fourth-order valence-corrected chi connectivity index (χ4v) is 2.87. The smallest absolute Gasteiger partial charge is 0.0642 e. The zero-order chi connectivity index (χ0) is 15.6. The Labute approximate surface area is 133 Å². The topological polar surface area (TPSA) is 12.5 Å². The lowest BCUT2D eigenvalue weighted by Crippen LogP contribution is -2.36. The van der Waals surface area contributed by atoms with E-state index in [4.69, 9.17) is 4.74 Å². The molecular weight excluding hydrogens is 270 g/mol. The Hall–Kier alpha value is -1.80. The molecule has 2 aromatic carbocycles. The second-order valence-electron chi connectivity index (χ2n) is 6.98. The summed E-state index contributed by atoms with van der Waals surface area (Å²) in [6, 6.07) is 17.8. The summed E-state index contributed by atoms with van der Waals surface area (Å²) >= 11 is 0. The summed E-state index contributed by atoms with van der Waals surface area (Å²) in [7, 11) is 0. The van der Waals surface area contributed by atoms with Crippen molar-refractivity contribution in [2.75, 3.05) is 31.2 Å². The van der Waals surface area contributed by atoms with E-state index in [0.29, 0.717) is 0 Å². The molecule has 0 bridgehead atoms. The van der Waals surface area contributed by atoms with E-state index >= 15 is 0 Å². The van der Waals surface area contributed by atoms with Gasteiger partial charge in [0.25, 0.3) is 0 Å². The number of hydrogen-bond acceptors (Lipinski definition) is 2. The molecule has 0 amide bonds. The second-order valence-corrected chi connectivity index (χ2v) is 6.98. The second kappa shape index (κ2) is 6.13. The molecule has 1 aliphatic heterocycles. The van der Waals surface area contributed by atoms with Gasteiger partial charge < -0.3 is 9.64 Å². The van der Waals surface area contributed by atoms with Crippen molar-refractivity contribution in [2.45, 2.75) is 26.2 Å². The molecule has 0 aliphatic carbocycles. The van der Waals surface area contributed by atoms with E-state index in [2.05, 4.69) is 74.2 Å². The highest BCUT2D eigenvalue weighted by atomic mass is 16.5. The highest BCUT2D eigenvalue weighted by Gasteiger charge is 2.15. The Bertz CT molecular complexity index is 636. The minimum atomic E-state index is 0.178. The lowest BCUT2D eigenvalue weighted by Gasteiger charge is -2.29. The van der Waals surface area contributed by atoms with Gasteiger partial charge >= 0.3 is 0 Å². The van der Waals surface area contributed by atoms with Gasteiger partial charge in [-0.1, -0.05) is 57.2 Å². The van der Waals surface area contributed by atoms with E-state index in [-0.39, 0.29) is 5.41 Å². The van der Waals surface area contributed by atoms with Gasteiger partial charge in [0.05, 0.1) is 13.2 Å². The standard InChI is InChI=1S/C20H25NO/c1-20(2,3)18-8-4-6-16(14-18)17-7-5-9-19(15-17)21-10-12-22-13-11-21/h4-9,14-15H,10-13H2,1-3H3. The quantitative estimate of drug-likeness (QED) is 0.809. The van der Waals surface area contributed by atoms with Crippen LogP contribution in [-0.4, -0.2) is 26.3 Å². The summed E-state index contributed by atoms with van der Waals surface area (Å²) in [4.78, 5) is 2.40. The fraction of sp³-hybridized carbons (Fsp3) is 0.400. The number of ether oxygens (including phenoxy) is 1. The van der Waals surface area contributed by atoms with Crippen LogP contribution in [0.2, 0.25) is 0 Å². The molecule has 0 spiro atoms. The number of benzene rings is 2. The van der Waals surface area contributed by atoms with Gasteiger partial charge in [0.15, 0.2) is 0 Å². The molecule has 2 heteroatoms. The van der Waals surface area contributed by atoms with Gasteiger partial charge in [-0.3, -0.25) is 0 Å². The average Bonchev–Trinajstić information content (AvgIpc) is 2.55. The first-order valence-corrected chi connectivity index (χ1v) is 8.08. The zero-order valence-electron chi connectivity index (χ0n) is 13.8. The molecule has 1 fully saturated rings. The van der Waals surface area contributed by atoms with Crippen LogP contribution in [0.3, 0.4) is 0 Å². The Morgan fingerprint density at radius 3 is 2.18 bits per heavy atom. The Morgan fingerprint density at radius 2 is 1.50 bits per heavy atom. The Kier molecular flexibility index (Phi) is 4.21. The van der Waals surface area contributed by atoms with Crippen molar-refractivity contribution < 1.29 is 4.74 Å². The summed E-state index contributed by atoms with van der Waals surface area (Å²) < 4.78 is 5.45. The van der Waals surface area contributed by atoms with Gasteiger partial charge in [-0.15, -0.1) is 0 Å². The maximum atomic E-state index is 5.45. The molecule has 0 N–H and O–H groups in total. The highest BCUT2D eigenvalue weighted by molar-refractivity contribution is 5.69. The minimum absolute atomic E-state index is 0.178. The molecule has 0 unspecified atom stereocenters. The lowest BCUT2D eigenvalue weighted by atomic mass is 9.85. The van der Waals surface area contributed by atoms with Crippen molar-refractivity contribution in [1.29, 1.82) is 0 Å². The molecule has 2 aromatic rings. The van der Waals surface area contributed by atoms with Crippen molar-refractivity contribution >= 4 is 5.69 Å². The van der Waals surface area contributed by atoms with E-state index < -0.39 is 0 Å². The molecule has 1 saturated heterocycles. The maximum absolute atomic E-state index is 5.45. The molecule has 116 valence electrons. The van der Waals surface area contributed by atoms with Crippen molar-refractivity contribution in [1.82, 2.24) is 0 Å².